The Balaban J connectivity index is 2.01. The van der Waals surface area contributed by atoms with Gasteiger partial charge in [-0.1, -0.05) is 17.8 Å². The van der Waals surface area contributed by atoms with Gasteiger partial charge in [0, 0.05) is 17.8 Å². The van der Waals surface area contributed by atoms with Gasteiger partial charge in [-0.2, -0.15) is 0 Å². The average molecular weight is 418 g/mol. The Morgan fingerprint density at radius 3 is 2.31 bits per heavy atom. The van der Waals surface area contributed by atoms with Crippen LogP contribution in [-0.4, -0.2) is 35.3 Å². The molecule has 1 amide bonds. The van der Waals surface area contributed by atoms with Crippen LogP contribution in [0.1, 0.15) is 55.7 Å². The molecular weight excluding hydrogens is 386 g/mol. The highest BCUT2D eigenvalue weighted by atomic mass is 32.2. The molecule has 0 saturated carbocycles. The molecule has 0 saturated heterocycles. The van der Waals surface area contributed by atoms with E-state index < -0.39 is 0 Å². The van der Waals surface area contributed by atoms with Gasteiger partial charge < -0.3 is 14.8 Å². The standard InChI is InChI=1S/C22H31N3O3S/c1-7-27-19-11-9-17(13-20(19)28-8-2)14(3)23-21(26)12-10-18-15(4)24-22(29-6)25-16(18)5/h9,11,13-14H,7-8,10,12H2,1-6H3,(H,23,26)/t14-/m1/s1. The molecule has 6 nitrogen and oxygen atoms in total. The summed E-state index contributed by atoms with van der Waals surface area (Å²) in [6, 6.07) is 5.66. The molecular formula is C22H31N3O3S. The van der Waals surface area contributed by atoms with Crippen LogP contribution in [0.3, 0.4) is 0 Å². The van der Waals surface area contributed by atoms with Crippen LogP contribution in [0.2, 0.25) is 0 Å². The first-order valence-corrected chi connectivity index (χ1v) is 11.2. The van der Waals surface area contributed by atoms with E-state index >= 15 is 0 Å². The number of amides is 1. The highest BCUT2D eigenvalue weighted by Gasteiger charge is 2.15. The molecule has 0 aliphatic rings. The van der Waals surface area contributed by atoms with Crippen molar-refractivity contribution in [1.82, 2.24) is 15.3 Å². The lowest BCUT2D eigenvalue weighted by Crippen LogP contribution is -2.27. The predicted molar refractivity (Wildman–Crippen MR) is 117 cm³/mol. The maximum absolute atomic E-state index is 12.5. The van der Waals surface area contributed by atoms with E-state index in [0.29, 0.717) is 31.8 Å². The third-order valence-corrected chi connectivity index (χ3v) is 5.18. The number of aromatic nitrogens is 2. The number of hydrogen-bond donors (Lipinski definition) is 1. The molecule has 1 atom stereocenters. The highest BCUT2D eigenvalue weighted by molar-refractivity contribution is 7.98. The molecule has 0 fully saturated rings. The van der Waals surface area contributed by atoms with Crippen LogP contribution >= 0.6 is 11.8 Å². The molecule has 0 radical (unpaired) electrons. The van der Waals surface area contributed by atoms with Crippen LogP contribution in [0.4, 0.5) is 0 Å². The number of nitrogens with one attached hydrogen (secondary N) is 1. The molecule has 2 rings (SSSR count). The molecule has 0 aliphatic carbocycles. The van der Waals surface area contributed by atoms with Gasteiger partial charge in [0.25, 0.3) is 0 Å². The van der Waals surface area contributed by atoms with Crippen LogP contribution in [-0.2, 0) is 11.2 Å². The van der Waals surface area contributed by atoms with E-state index in [9.17, 15) is 4.79 Å². The SMILES string of the molecule is CCOc1ccc([C@@H](C)NC(=O)CCc2c(C)nc(SC)nc2C)cc1OCC. The number of rotatable bonds is 10. The summed E-state index contributed by atoms with van der Waals surface area (Å²) < 4.78 is 11.3. The monoisotopic (exact) mass is 417 g/mol. The predicted octanol–water partition coefficient (Wildman–Crippen LogP) is 4.42. The van der Waals surface area contributed by atoms with Crippen molar-refractivity contribution in [2.45, 2.75) is 58.7 Å². The molecule has 1 aromatic carbocycles. The number of thioether (sulfide) groups is 1. The minimum atomic E-state index is -0.130. The summed E-state index contributed by atoms with van der Waals surface area (Å²) in [5, 5.41) is 3.83. The largest absolute Gasteiger partial charge is 0.490 e. The number of carbonyl (C=O) groups is 1. The van der Waals surface area contributed by atoms with Crippen molar-refractivity contribution in [2.75, 3.05) is 19.5 Å². The molecule has 29 heavy (non-hydrogen) atoms. The van der Waals surface area contributed by atoms with E-state index in [2.05, 4.69) is 15.3 Å². The summed E-state index contributed by atoms with van der Waals surface area (Å²) in [6.45, 7) is 10.9. The van der Waals surface area contributed by atoms with Gasteiger partial charge in [-0.3, -0.25) is 4.79 Å². The van der Waals surface area contributed by atoms with Crippen LogP contribution in [0.15, 0.2) is 23.4 Å². The second-order valence-electron chi connectivity index (χ2n) is 6.72. The molecule has 2 aromatic rings. The molecule has 7 heteroatoms. The van der Waals surface area contributed by atoms with E-state index in [0.717, 1.165) is 33.4 Å². The normalized spacial score (nSPS) is 11.8. The van der Waals surface area contributed by atoms with Gasteiger partial charge in [0.15, 0.2) is 16.7 Å². The number of nitrogens with zero attached hydrogens (tertiary/aromatic N) is 2. The lowest BCUT2D eigenvalue weighted by Gasteiger charge is -2.18. The van der Waals surface area contributed by atoms with E-state index in [1.54, 1.807) is 0 Å². The van der Waals surface area contributed by atoms with Gasteiger partial charge in [0.2, 0.25) is 5.91 Å². The third-order valence-electron chi connectivity index (χ3n) is 4.63. The van der Waals surface area contributed by atoms with Crippen LogP contribution < -0.4 is 14.8 Å². The molecule has 158 valence electrons. The van der Waals surface area contributed by atoms with Crippen LogP contribution in [0, 0.1) is 13.8 Å². The zero-order valence-electron chi connectivity index (χ0n) is 18.2. The smallest absolute Gasteiger partial charge is 0.220 e. The van der Waals surface area contributed by atoms with Crippen LogP contribution in [0.5, 0.6) is 11.5 Å². The Bertz CT molecular complexity index is 819. The Hall–Kier alpha value is -2.28. The number of aryl methyl sites for hydroxylation is 2. The summed E-state index contributed by atoms with van der Waals surface area (Å²) in [4.78, 5) is 21.5. The number of hydrogen-bond acceptors (Lipinski definition) is 6. The summed E-state index contributed by atoms with van der Waals surface area (Å²) in [5.41, 5.74) is 3.90. The first-order valence-electron chi connectivity index (χ1n) is 9.96. The molecule has 0 spiro atoms. The van der Waals surface area contributed by atoms with Gasteiger partial charge in [-0.15, -0.1) is 0 Å². The number of ether oxygens (including phenoxy) is 2. The number of carbonyl (C=O) groups excluding carboxylic acids is 1. The molecule has 0 unspecified atom stereocenters. The van der Waals surface area contributed by atoms with Crippen LogP contribution in [0.25, 0.3) is 0 Å². The van der Waals surface area contributed by atoms with Crippen molar-refractivity contribution in [3.05, 3.63) is 40.7 Å². The topological polar surface area (TPSA) is 73.3 Å². The Morgan fingerprint density at radius 2 is 1.72 bits per heavy atom. The van der Waals surface area contributed by atoms with Crippen molar-refractivity contribution < 1.29 is 14.3 Å². The van der Waals surface area contributed by atoms with E-state index in [1.807, 2.05) is 59.1 Å². The fraction of sp³-hybridized carbons (Fsp3) is 0.500. The van der Waals surface area contributed by atoms with Crippen molar-refractivity contribution in [1.29, 1.82) is 0 Å². The Morgan fingerprint density at radius 1 is 1.10 bits per heavy atom. The first kappa shape index (κ1) is 23.0. The van der Waals surface area contributed by atoms with E-state index in [1.165, 1.54) is 11.8 Å². The Labute approximate surface area is 177 Å². The molecule has 1 heterocycles. The van der Waals surface area contributed by atoms with Crippen molar-refractivity contribution in [3.63, 3.8) is 0 Å². The second kappa shape index (κ2) is 11.0. The lowest BCUT2D eigenvalue weighted by atomic mass is 10.0. The lowest BCUT2D eigenvalue weighted by molar-refractivity contribution is -0.121. The van der Waals surface area contributed by atoms with Crippen molar-refractivity contribution in [2.24, 2.45) is 0 Å². The average Bonchev–Trinajstić information content (AvgIpc) is 2.68. The third kappa shape index (κ3) is 6.35. The zero-order valence-corrected chi connectivity index (χ0v) is 19.0. The molecule has 1 N–H and O–H groups in total. The first-order chi connectivity index (χ1) is 13.9. The molecule has 0 aliphatic heterocycles. The fourth-order valence-corrected chi connectivity index (χ4v) is 3.59. The van der Waals surface area contributed by atoms with Gasteiger partial charge in [0.1, 0.15) is 0 Å². The van der Waals surface area contributed by atoms with Gasteiger partial charge in [-0.25, -0.2) is 9.97 Å². The van der Waals surface area contributed by atoms with Gasteiger partial charge in [-0.05, 0) is 70.6 Å². The quantitative estimate of drug-likeness (QED) is 0.456. The van der Waals surface area contributed by atoms with E-state index in [4.69, 9.17) is 9.47 Å². The summed E-state index contributed by atoms with van der Waals surface area (Å²) in [5.74, 6) is 1.42. The molecule has 1 aromatic heterocycles. The van der Waals surface area contributed by atoms with Gasteiger partial charge >= 0.3 is 0 Å². The minimum Gasteiger partial charge on any atom is -0.490 e. The number of benzene rings is 1. The highest BCUT2D eigenvalue weighted by Crippen LogP contribution is 2.30. The van der Waals surface area contributed by atoms with Crippen molar-refractivity contribution >= 4 is 17.7 Å². The van der Waals surface area contributed by atoms with Gasteiger partial charge in [0.05, 0.1) is 19.3 Å². The summed E-state index contributed by atoms with van der Waals surface area (Å²) in [7, 11) is 0. The second-order valence-corrected chi connectivity index (χ2v) is 7.49. The minimum absolute atomic E-state index is 0.00270. The fourth-order valence-electron chi connectivity index (χ4n) is 3.13. The van der Waals surface area contributed by atoms with E-state index in [-0.39, 0.29) is 11.9 Å². The summed E-state index contributed by atoms with van der Waals surface area (Å²) >= 11 is 1.52. The van der Waals surface area contributed by atoms with Crippen molar-refractivity contribution in [3.8, 4) is 11.5 Å². The zero-order chi connectivity index (χ0) is 21.4. The molecule has 0 bridgehead atoms. The summed E-state index contributed by atoms with van der Waals surface area (Å²) in [6.07, 6.45) is 2.97. The Kier molecular flexibility index (Phi) is 8.76. The maximum atomic E-state index is 12.5. The maximum Gasteiger partial charge on any atom is 0.220 e.